The number of hydrogen-bond donors (Lipinski definition) is 0. The maximum absolute atomic E-state index is 13.0. The summed E-state index contributed by atoms with van der Waals surface area (Å²) in [5.74, 6) is 0.162. The largest absolute Gasteiger partial charge is 0.357 e. The molecule has 0 bridgehead atoms. The number of carbonyl (C=O) groups excluding carboxylic acids is 1. The molecule has 0 saturated heterocycles. The van der Waals surface area contributed by atoms with Gasteiger partial charge in [-0.1, -0.05) is 76.0 Å². The highest BCUT2D eigenvalue weighted by Gasteiger charge is 2.40. The highest BCUT2D eigenvalue weighted by Crippen LogP contribution is 2.38. The molecule has 132 valence electrons. The fourth-order valence-corrected chi connectivity index (χ4v) is 4.32. The third-order valence-corrected chi connectivity index (χ3v) is 5.64. The molecule has 2 aliphatic rings. The van der Waals surface area contributed by atoms with Crippen molar-refractivity contribution in [2.45, 2.75) is 82.9 Å². The quantitative estimate of drug-likeness (QED) is 0.721. The lowest BCUT2D eigenvalue weighted by atomic mass is 9.97. The summed E-state index contributed by atoms with van der Waals surface area (Å²) in [4.78, 5) is 15.0. The Balaban J connectivity index is 1.75. The van der Waals surface area contributed by atoms with Crippen molar-refractivity contribution >= 4 is 5.91 Å². The molecular weight excluding hydrogens is 298 g/mol. The van der Waals surface area contributed by atoms with Crippen LogP contribution in [0.15, 0.2) is 24.3 Å². The van der Waals surface area contributed by atoms with Crippen LogP contribution in [-0.4, -0.2) is 24.0 Å². The van der Waals surface area contributed by atoms with Crippen LogP contribution in [0.5, 0.6) is 0 Å². The third kappa shape index (κ3) is 3.83. The molecule has 3 nitrogen and oxygen atoms in total. The number of methoxy groups -OCH3 is 1. The van der Waals surface area contributed by atoms with Crippen molar-refractivity contribution in [3.63, 3.8) is 0 Å². The average molecular weight is 329 g/mol. The summed E-state index contributed by atoms with van der Waals surface area (Å²) in [7, 11) is 1.72. The van der Waals surface area contributed by atoms with Crippen molar-refractivity contribution < 1.29 is 9.53 Å². The van der Waals surface area contributed by atoms with Gasteiger partial charge >= 0.3 is 0 Å². The number of amides is 1. The van der Waals surface area contributed by atoms with Crippen LogP contribution in [0.3, 0.4) is 0 Å². The summed E-state index contributed by atoms with van der Waals surface area (Å²) >= 11 is 0. The molecule has 3 rings (SSSR count). The predicted molar refractivity (Wildman–Crippen MR) is 96.9 cm³/mol. The van der Waals surface area contributed by atoms with Crippen LogP contribution in [0, 0.1) is 0 Å². The first kappa shape index (κ1) is 17.5. The molecule has 0 radical (unpaired) electrons. The first-order valence-corrected chi connectivity index (χ1v) is 9.77. The molecule has 1 atom stereocenters. The van der Waals surface area contributed by atoms with Crippen LogP contribution in [0.2, 0.25) is 0 Å². The van der Waals surface area contributed by atoms with Gasteiger partial charge in [0.15, 0.2) is 6.23 Å². The van der Waals surface area contributed by atoms with Gasteiger partial charge in [0, 0.05) is 24.3 Å². The van der Waals surface area contributed by atoms with Crippen molar-refractivity contribution in [2.24, 2.45) is 0 Å². The predicted octanol–water partition coefficient (Wildman–Crippen LogP) is 5.46. The fraction of sp³-hybridized carbons (Fsp3) is 0.667. The zero-order valence-corrected chi connectivity index (χ0v) is 15.0. The van der Waals surface area contributed by atoms with Crippen LogP contribution in [-0.2, 0) is 4.74 Å². The average Bonchev–Trinajstić information content (AvgIpc) is 2.88. The second-order valence-electron chi connectivity index (χ2n) is 7.30. The molecule has 1 unspecified atom stereocenters. The van der Waals surface area contributed by atoms with E-state index in [1.165, 1.54) is 57.8 Å². The Labute approximate surface area is 146 Å². The van der Waals surface area contributed by atoms with Gasteiger partial charge in [0.05, 0.1) is 0 Å². The summed E-state index contributed by atoms with van der Waals surface area (Å²) in [6.07, 6.45) is 13.9. The highest BCUT2D eigenvalue weighted by atomic mass is 16.5. The molecular formula is C21H31NO2. The second kappa shape index (κ2) is 8.66. The minimum atomic E-state index is -0.202. The number of hydrogen-bond acceptors (Lipinski definition) is 2. The van der Waals surface area contributed by atoms with Crippen LogP contribution >= 0.6 is 0 Å². The van der Waals surface area contributed by atoms with E-state index in [0.717, 1.165) is 24.0 Å². The van der Waals surface area contributed by atoms with Crippen LogP contribution in [0.4, 0.5) is 0 Å². The Morgan fingerprint density at radius 2 is 1.42 bits per heavy atom. The van der Waals surface area contributed by atoms with Gasteiger partial charge < -0.3 is 9.64 Å². The molecule has 1 fully saturated rings. The Hall–Kier alpha value is -1.35. The third-order valence-electron chi connectivity index (χ3n) is 5.64. The van der Waals surface area contributed by atoms with E-state index in [1.807, 2.05) is 29.2 Å². The zero-order valence-electron chi connectivity index (χ0n) is 15.0. The lowest BCUT2D eigenvalue weighted by Crippen LogP contribution is -2.39. The standard InChI is InChI=1S/C21H31NO2/c1-24-21-19-16-12-11-15-18(19)20(23)22(21)17-13-9-7-5-3-2-4-6-8-10-14-17/h11-12,15-17,21H,2-10,13-14H2,1H3. The van der Waals surface area contributed by atoms with Gasteiger partial charge in [0.1, 0.15) is 0 Å². The van der Waals surface area contributed by atoms with Crippen molar-refractivity contribution in [3.05, 3.63) is 35.4 Å². The lowest BCUT2D eigenvalue weighted by molar-refractivity contribution is -0.0351. The molecule has 0 N–H and O–H groups in total. The molecule has 0 aromatic heterocycles. The number of rotatable bonds is 2. The SMILES string of the molecule is COC1c2ccccc2C(=O)N1C1CCCCCCCCCCC1. The lowest BCUT2D eigenvalue weighted by Gasteiger charge is -2.33. The normalized spacial score (nSPS) is 24.3. The number of benzene rings is 1. The van der Waals surface area contributed by atoms with Gasteiger partial charge in [0.2, 0.25) is 0 Å². The number of ether oxygens (including phenoxy) is 1. The molecule has 1 aliphatic heterocycles. The van der Waals surface area contributed by atoms with Crippen molar-refractivity contribution in [1.29, 1.82) is 0 Å². The van der Waals surface area contributed by atoms with E-state index in [9.17, 15) is 4.79 Å². The van der Waals surface area contributed by atoms with Gasteiger partial charge in [-0.3, -0.25) is 4.79 Å². The molecule has 1 aliphatic carbocycles. The fourth-order valence-electron chi connectivity index (χ4n) is 4.32. The molecule has 1 amide bonds. The summed E-state index contributed by atoms with van der Waals surface area (Å²) < 4.78 is 5.75. The summed E-state index contributed by atoms with van der Waals surface area (Å²) in [6.45, 7) is 0. The van der Waals surface area contributed by atoms with E-state index in [-0.39, 0.29) is 12.1 Å². The first-order valence-electron chi connectivity index (χ1n) is 9.77. The van der Waals surface area contributed by atoms with Crippen LogP contribution < -0.4 is 0 Å². The van der Waals surface area contributed by atoms with Gasteiger partial charge in [0.25, 0.3) is 5.91 Å². The van der Waals surface area contributed by atoms with E-state index < -0.39 is 0 Å². The number of fused-ring (bicyclic) bond motifs is 1. The van der Waals surface area contributed by atoms with Gasteiger partial charge in [-0.2, -0.15) is 0 Å². The highest BCUT2D eigenvalue weighted by molar-refractivity contribution is 5.99. The molecule has 0 spiro atoms. The minimum absolute atomic E-state index is 0.162. The van der Waals surface area contributed by atoms with Crippen LogP contribution in [0.25, 0.3) is 0 Å². The Morgan fingerprint density at radius 3 is 2.00 bits per heavy atom. The summed E-state index contributed by atoms with van der Waals surface area (Å²) in [5.41, 5.74) is 1.87. The number of carbonyl (C=O) groups is 1. The molecule has 1 heterocycles. The monoisotopic (exact) mass is 329 g/mol. The van der Waals surface area contributed by atoms with Gasteiger partial charge in [-0.05, 0) is 18.9 Å². The van der Waals surface area contributed by atoms with Gasteiger partial charge in [-0.15, -0.1) is 0 Å². The Morgan fingerprint density at radius 1 is 0.875 bits per heavy atom. The van der Waals surface area contributed by atoms with E-state index in [4.69, 9.17) is 4.74 Å². The Kier molecular flexibility index (Phi) is 6.30. The number of nitrogens with zero attached hydrogens (tertiary/aromatic N) is 1. The van der Waals surface area contributed by atoms with Crippen LogP contribution in [0.1, 0.15) is 92.8 Å². The molecule has 1 aromatic carbocycles. The maximum Gasteiger partial charge on any atom is 0.256 e. The zero-order chi connectivity index (χ0) is 16.8. The first-order chi connectivity index (χ1) is 11.8. The smallest absolute Gasteiger partial charge is 0.256 e. The van der Waals surface area contributed by atoms with Gasteiger partial charge in [-0.25, -0.2) is 0 Å². The minimum Gasteiger partial charge on any atom is -0.357 e. The molecule has 1 saturated carbocycles. The molecule has 1 aromatic rings. The van der Waals surface area contributed by atoms with E-state index in [1.54, 1.807) is 7.11 Å². The van der Waals surface area contributed by atoms with Crippen molar-refractivity contribution in [3.8, 4) is 0 Å². The van der Waals surface area contributed by atoms with E-state index in [0.29, 0.717) is 6.04 Å². The summed E-state index contributed by atoms with van der Waals surface area (Å²) in [5, 5.41) is 0. The van der Waals surface area contributed by atoms with Crippen molar-refractivity contribution in [1.82, 2.24) is 4.90 Å². The van der Waals surface area contributed by atoms with Crippen molar-refractivity contribution in [2.75, 3.05) is 7.11 Å². The maximum atomic E-state index is 13.0. The molecule has 3 heteroatoms. The van der Waals surface area contributed by atoms with E-state index in [2.05, 4.69) is 0 Å². The topological polar surface area (TPSA) is 29.5 Å². The van der Waals surface area contributed by atoms with E-state index >= 15 is 0 Å². The molecule has 24 heavy (non-hydrogen) atoms. The Bertz CT molecular complexity index is 530. The summed E-state index contributed by atoms with van der Waals surface area (Å²) in [6, 6.07) is 8.25. The second-order valence-corrected chi connectivity index (χ2v) is 7.30.